The van der Waals surface area contributed by atoms with Crippen molar-refractivity contribution >= 4 is 28.8 Å². The van der Waals surface area contributed by atoms with Crippen LogP contribution in [0.1, 0.15) is 39.2 Å². The van der Waals surface area contributed by atoms with Gasteiger partial charge in [-0.3, -0.25) is 9.78 Å². The number of hydrogen-bond donors (Lipinski definition) is 3. The van der Waals surface area contributed by atoms with Gasteiger partial charge in [-0.2, -0.15) is 0 Å². The second-order valence-electron chi connectivity index (χ2n) is 8.82. The van der Waals surface area contributed by atoms with E-state index >= 15 is 0 Å². The number of carbonyl (C=O) groups is 1. The van der Waals surface area contributed by atoms with Crippen molar-refractivity contribution < 1.29 is 13.9 Å². The zero-order valence-electron chi connectivity index (χ0n) is 18.6. The van der Waals surface area contributed by atoms with Crippen LogP contribution >= 0.6 is 12.2 Å². The average Bonchev–Trinajstić information content (AvgIpc) is 2.72. The second-order valence-corrected chi connectivity index (χ2v) is 9.23. The molecule has 32 heavy (non-hydrogen) atoms. The van der Waals surface area contributed by atoms with E-state index in [1.165, 1.54) is 12.1 Å². The standard InChI is InChI=1S/C24H29FN4O2S/c1-24(2,3)9-12-31-20-15-26-10-7-16(20)14-28-19-8-11-27-22(30)21(19)23(32)29-18-6-4-5-17(25)13-18/h4-7,10,13,15,28H,8-9,11-12,14H2,1-3H3,(H,27,30)(H,29,32). The van der Waals surface area contributed by atoms with Crippen molar-refractivity contribution in [2.75, 3.05) is 18.5 Å². The Hall–Kier alpha value is -3.00. The van der Waals surface area contributed by atoms with Gasteiger partial charge in [-0.05, 0) is 36.1 Å². The van der Waals surface area contributed by atoms with Crippen LogP contribution in [-0.2, 0) is 11.3 Å². The SMILES string of the molecule is CC(C)(C)CCOc1cnccc1CNC1=C(C(=S)Nc2cccc(F)c2)C(=O)NCC1. The topological polar surface area (TPSA) is 75.3 Å². The number of halogens is 1. The lowest BCUT2D eigenvalue weighted by atomic mass is 9.93. The zero-order chi connectivity index (χ0) is 23.1. The maximum absolute atomic E-state index is 13.5. The Labute approximate surface area is 193 Å². The summed E-state index contributed by atoms with van der Waals surface area (Å²) >= 11 is 5.48. The molecule has 1 aromatic heterocycles. The van der Waals surface area contributed by atoms with E-state index in [4.69, 9.17) is 17.0 Å². The largest absolute Gasteiger partial charge is 0.492 e. The second kappa shape index (κ2) is 10.5. The van der Waals surface area contributed by atoms with Crippen LogP contribution in [0.15, 0.2) is 54.0 Å². The van der Waals surface area contributed by atoms with Gasteiger partial charge in [0.2, 0.25) is 0 Å². The maximum Gasteiger partial charge on any atom is 0.256 e. The Bertz CT molecular complexity index is 1020. The molecule has 0 saturated carbocycles. The summed E-state index contributed by atoms with van der Waals surface area (Å²) in [5, 5.41) is 9.13. The highest BCUT2D eigenvalue weighted by Crippen LogP contribution is 2.23. The molecule has 0 radical (unpaired) electrons. The highest BCUT2D eigenvalue weighted by atomic mass is 32.1. The summed E-state index contributed by atoms with van der Waals surface area (Å²) in [5.41, 5.74) is 2.71. The average molecular weight is 457 g/mol. The lowest BCUT2D eigenvalue weighted by molar-refractivity contribution is -0.117. The zero-order valence-corrected chi connectivity index (χ0v) is 19.4. The molecular weight excluding hydrogens is 427 g/mol. The number of rotatable bonds is 8. The first-order valence-electron chi connectivity index (χ1n) is 10.6. The lowest BCUT2D eigenvalue weighted by Crippen LogP contribution is -2.39. The number of anilines is 1. The molecule has 2 heterocycles. The third kappa shape index (κ3) is 6.75. The summed E-state index contributed by atoms with van der Waals surface area (Å²) in [6.07, 6.45) is 4.95. The molecule has 0 atom stereocenters. The lowest BCUT2D eigenvalue weighted by Gasteiger charge is -2.23. The number of nitrogens with zero attached hydrogens (tertiary/aromatic N) is 1. The monoisotopic (exact) mass is 456 g/mol. The molecule has 0 aliphatic carbocycles. The van der Waals surface area contributed by atoms with E-state index in [2.05, 4.69) is 41.7 Å². The summed E-state index contributed by atoms with van der Waals surface area (Å²) in [6.45, 7) is 8.08. The molecule has 0 fully saturated rings. The highest BCUT2D eigenvalue weighted by Gasteiger charge is 2.24. The summed E-state index contributed by atoms with van der Waals surface area (Å²) in [4.78, 5) is 17.0. The molecule has 8 heteroatoms. The summed E-state index contributed by atoms with van der Waals surface area (Å²) in [6, 6.07) is 7.86. The number of aromatic nitrogens is 1. The van der Waals surface area contributed by atoms with E-state index in [1.807, 2.05) is 6.07 Å². The van der Waals surface area contributed by atoms with Crippen LogP contribution in [-0.4, -0.2) is 29.0 Å². The number of pyridine rings is 1. The first-order chi connectivity index (χ1) is 15.2. The van der Waals surface area contributed by atoms with Crippen molar-refractivity contribution in [1.82, 2.24) is 15.6 Å². The fraction of sp³-hybridized carbons (Fsp3) is 0.375. The van der Waals surface area contributed by atoms with Crippen molar-refractivity contribution in [2.24, 2.45) is 5.41 Å². The molecule has 0 bridgehead atoms. The number of benzene rings is 1. The summed E-state index contributed by atoms with van der Waals surface area (Å²) in [7, 11) is 0. The molecule has 0 saturated heterocycles. The molecule has 0 unspecified atom stereocenters. The molecule has 3 N–H and O–H groups in total. The molecule has 1 aliphatic rings. The van der Waals surface area contributed by atoms with Gasteiger partial charge in [-0.15, -0.1) is 0 Å². The van der Waals surface area contributed by atoms with Crippen molar-refractivity contribution in [3.63, 3.8) is 0 Å². The molecule has 3 rings (SSSR count). The third-order valence-electron chi connectivity index (χ3n) is 4.97. The van der Waals surface area contributed by atoms with E-state index in [9.17, 15) is 9.18 Å². The smallest absolute Gasteiger partial charge is 0.256 e. The van der Waals surface area contributed by atoms with Gasteiger partial charge in [0.25, 0.3) is 5.91 Å². The van der Waals surface area contributed by atoms with Gasteiger partial charge >= 0.3 is 0 Å². The predicted molar refractivity (Wildman–Crippen MR) is 128 cm³/mol. The van der Waals surface area contributed by atoms with Gasteiger partial charge in [0, 0.05) is 42.7 Å². The molecule has 170 valence electrons. The van der Waals surface area contributed by atoms with E-state index in [0.29, 0.717) is 43.1 Å². The number of amides is 1. The number of nitrogens with one attached hydrogen (secondary N) is 3. The molecule has 1 aromatic carbocycles. The van der Waals surface area contributed by atoms with Crippen molar-refractivity contribution in [2.45, 2.75) is 40.2 Å². The van der Waals surface area contributed by atoms with Crippen molar-refractivity contribution in [3.8, 4) is 5.75 Å². The molecule has 6 nitrogen and oxygen atoms in total. The van der Waals surface area contributed by atoms with Gasteiger partial charge in [0.05, 0.1) is 18.4 Å². The van der Waals surface area contributed by atoms with Crippen LogP contribution < -0.4 is 20.7 Å². The van der Waals surface area contributed by atoms with E-state index < -0.39 is 0 Å². The fourth-order valence-corrected chi connectivity index (χ4v) is 3.52. The highest BCUT2D eigenvalue weighted by molar-refractivity contribution is 7.81. The van der Waals surface area contributed by atoms with Crippen LogP contribution in [0.4, 0.5) is 10.1 Å². The van der Waals surface area contributed by atoms with E-state index in [-0.39, 0.29) is 22.1 Å². The Kier molecular flexibility index (Phi) is 7.80. The van der Waals surface area contributed by atoms with Gasteiger partial charge in [0.1, 0.15) is 16.6 Å². The van der Waals surface area contributed by atoms with Crippen molar-refractivity contribution in [3.05, 3.63) is 65.4 Å². The number of ether oxygens (including phenoxy) is 1. The van der Waals surface area contributed by atoms with Crippen LogP contribution in [0.25, 0.3) is 0 Å². The van der Waals surface area contributed by atoms with Crippen LogP contribution in [0.3, 0.4) is 0 Å². The first-order valence-corrected chi connectivity index (χ1v) is 11.0. The summed E-state index contributed by atoms with van der Waals surface area (Å²) < 4.78 is 19.5. The Morgan fingerprint density at radius 2 is 2.12 bits per heavy atom. The van der Waals surface area contributed by atoms with Crippen molar-refractivity contribution in [1.29, 1.82) is 0 Å². The molecule has 1 aliphatic heterocycles. The van der Waals surface area contributed by atoms with E-state index in [0.717, 1.165) is 17.7 Å². The quantitative estimate of drug-likeness (QED) is 0.513. The minimum Gasteiger partial charge on any atom is -0.492 e. The molecular formula is C24H29FN4O2S. The van der Waals surface area contributed by atoms with Gasteiger partial charge in [-0.1, -0.05) is 39.1 Å². The van der Waals surface area contributed by atoms with Crippen LogP contribution in [0.5, 0.6) is 5.75 Å². The van der Waals surface area contributed by atoms with Crippen LogP contribution in [0, 0.1) is 11.2 Å². The minimum absolute atomic E-state index is 0.181. The minimum atomic E-state index is -0.380. The first kappa shape index (κ1) is 23.7. The number of hydrogen-bond acceptors (Lipinski definition) is 5. The van der Waals surface area contributed by atoms with Gasteiger partial charge in [0.15, 0.2) is 0 Å². The molecule has 1 amide bonds. The maximum atomic E-state index is 13.5. The Balaban J connectivity index is 1.73. The number of carbonyl (C=O) groups excluding carboxylic acids is 1. The predicted octanol–water partition coefficient (Wildman–Crippen LogP) is 4.34. The summed E-state index contributed by atoms with van der Waals surface area (Å²) in [5.74, 6) is 0.0751. The van der Waals surface area contributed by atoms with E-state index in [1.54, 1.807) is 24.5 Å². The van der Waals surface area contributed by atoms with Gasteiger partial charge in [-0.25, -0.2) is 4.39 Å². The molecule has 0 spiro atoms. The normalized spacial score (nSPS) is 14.1. The number of thiocarbonyl (C=S) groups is 1. The van der Waals surface area contributed by atoms with Gasteiger partial charge < -0.3 is 20.7 Å². The fourth-order valence-electron chi connectivity index (χ4n) is 3.18. The Morgan fingerprint density at radius 1 is 1.31 bits per heavy atom. The molecule has 2 aromatic rings. The van der Waals surface area contributed by atoms with Crippen LogP contribution in [0.2, 0.25) is 0 Å². The third-order valence-corrected chi connectivity index (χ3v) is 5.28. The Morgan fingerprint density at radius 3 is 2.88 bits per heavy atom.